The summed E-state index contributed by atoms with van der Waals surface area (Å²) in [6.07, 6.45) is 1.98. The van der Waals surface area contributed by atoms with Crippen molar-refractivity contribution in [1.29, 1.82) is 0 Å². The molecule has 0 bridgehead atoms. The second-order valence-electron chi connectivity index (χ2n) is 6.81. The smallest absolute Gasteiger partial charge is 0.196 e. The second-order valence-corrected chi connectivity index (χ2v) is 7.84. The van der Waals surface area contributed by atoms with Gasteiger partial charge in [-0.15, -0.1) is 11.3 Å². The maximum atomic E-state index is 13.5. The molecular weight excluding hydrogens is 374 g/mol. The van der Waals surface area contributed by atoms with Gasteiger partial charge in [-0.05, 0) is 34.5 Å². The minimum atomic E-state index is -0.0161. The molecule has 0 spiro atoms. The molecule has 138 valence electrons. The lowest BCUT2D eigenvalue weighted by Gasteiger charge is -2.07. The lowest BCUT2D eigenvalue weighted by atomic mass is 9.98. The number of Topliss-reactive ketones (excluding diaryl/α,β-unsaturated/α-hetero) is 1. The van der Waals surface area contributed by atoms with Gasteiger partial charge in [0.05, 0.1) is 15.8 Å². The first-order valence-electron chi connectivity index (χ1n) is 9.45. The van der Waals surface area contributed by atoms with Crippen molar-refractivity contribution in [2.45, 2.75) is 0 Å². The number of hydrogen-bond acceptors (Lipinski definition) is 3. The van der Waals surface area contributed by atoms with Crippen LogP contribution in [0.5, 0.6) is 0 Å². The maximum absolute atomic E-state index is 13.5. The van der Waals surface area contributed by atoms with Crippen LogP contribution in [0.25, 0.3) is 32.6 Å². The molecule has 0 amide bonds. The van der Waals surface area contributed by atoms with Crippen LogP contribution in [0.2, 0.25) is 0 Å². The summed E-state index contributed by atoms with van der Waals surface area (Å²) in [4.78, 5) is 18.2. The Bertz CT molecular complexity index is 1330. The minimum Gasteiger partial charge on any atom is -0.288 e. The van der Waals surface area contributed by atoms with Gasteiger partial charge in [-0.2, -0.15) is 0 Å². The summed E-state index contributed by atoms with van der Waals surface area (Å²) in [5, 5.41) is 3.01. The number of ketones is 1. The molecule has 4 aromatic carbocycles. The van der Waals surface area contributed by atoms with Crippen molar-refractivity contribution in [3.63, 3.8) is 0 Å². The molecule has 3 heteroatoms. The SMILES string of the molecule is O=C(C(=Cc1cccc2ccccc12)c1nc2ccccc2s1)c1ccccc1. The third kappa shape index (κ3) is 3.37. The van der Waals surface area contributed by atoms with Crippen LogP contribution in [-0.4, -0.2) is 10.8 Å². The van der Waals surface area contributed by atoms with Crippen LogP contribution < -0.4 is 0 Å². The Morgan fingerprint density at radius 3 is 2.34 bits per heavy atom. The van der Waals surface area contributed by atoms with E-state index in [9.17, 15) is 4.79 Å². The van der Waals surface area contributed by atoms with Crippen molar-refractivity contribution in [2.75, 3.05) is 0 Å². The number of para-hydroxylation sites is 1. The fourth-order valence-corrected chi connectivity index (χ4v) is 4.47. The van der Waals surface area contributed by atoms with Gasteiger partial charge in [0.2, 0.25) is 0 Å². The molecule has 0 aliphatic heterocycles. The first kappa shape index (κ1) is 17.5. The van der Waals surface area contributed by atoms with E-state index in [1.165, 1.54) is 0 Å². The van der Waals surface area contributed by atoms with Crippen molar-refractivity contribution >= 4 is 49.8 Å². The highest BCUT2D eigenvalue weighted by molar-refractivity contribution is 7.20. The molecule has 0 radical (unpaired) electrons. The lowest BCUT2D eigenvalue weighted by molar-refractivity contribution is 0.105. The molecule has 0 aliphatic rings. The fraction of sp³-hybridized carbons (Fsp3) is 0. The number of carbonyl (C=O) groups excluding carboxylic acids is 1. The molecule has 0 unspecified atom stereocenters. The summed E-state index contributed by atoms with van der Waals surface area (Å²) in [6, 6.07) is 31.8. The van der Waals surface area contributed by atoms with Gasteiger partial charge >= 0.3 is 0 Å². The third-order valence-electron chi connectivity index (χ3n) is 4.93. The molecule has 0 fully saturated rings. The normalized spacial score (nSPS) is 11.8. The Kier molecular flexibility index (Phi) is 4.51. The zero-order chi connectivity index (χ0) is 19.6. The van der Waals surface area contributed by atoms with Gasteiger partial charge in [-0.3, -0.25) is 4.79 Å². The minimum absolute atomic E-state index is 0.0161. The predicted molar refractivity (Wildman–Crippen MR) is 122 cm³/mol. The van der Waals surface area contributed by atoms with E-state index in [1.54, 1.807) is 11.3 Å². The Hall–Kier alpha value is -3.56. The number of benzene rings is 4. The highest BCUT2D eigenvalue weighted by atomic mass is 32.1. The van der Waals surface area contributed by atoms with E-state index in [0.29, 0.717) is 11.1 Å². The highest BCUT2D eigenvalue weighted by Crippen LogP contribution is 2.32. The monoisotopic (exact) mass is 391 g/mol. The van der Waals surface area contributed by atoms with E-state index in [-0.39, 0.29) is 5.78 Å². The zero-order valence-electron chi connectivity index (χ0n) is 15.6. The molecule has 5 aromatic rings. The zero-order valence-corrected chi connectivity index (χ0v) is 16.4. The largest absolute Gasteiger partial charge is 0.288 e. The number of carbonyl (C=O) groups is 1. The Morgan fingerprint density at radius 2 is 1.48 bits per heavy atom. The van der Waals surface area contributed by atoms with Gasteiger partial charge < -0.3 is 0 Å². The number of hydrogen-bond donors (Lipinski definition) is 0. The molecule has 0 N–H and O–H groups in total. The Morgan fingerprint density at radius 1 is 0.759 bits per heavy atom. The van der Waals surface area contributed by atoms with E-state index in [4.69, 9.17) is 4.98 Å². The average Bonchev–Trinajstić information content (AvgIpc) is 3.21. The Balaban J connectivity index is 1.73. The van der Waals surface area contributed by atoms with Gasteiger partial charge in [-0.25, -0.2) is 4.98 Å². The number of thiazole rings is 1. The van der Waals surface area contributed by atoms with Gasteiger partial charge in [0.1, 0.15) is 5.01 Å². The number of allylic oxidation sites excluding steroid dienone is 1. The first-order chi connectivity index (χ1) is 14.3. The van der Waals surface area contributed by atoms with Gasteiger partial charge in [-0.1, -0.05) is 84.9 Å². The van der Waals surface area contributed by atoms with E-state index in [1.807, 2.05) is 84.9 Å². The molecule has 0 atom stereocenters. The van der Waals surface area contributed by atoms with Crippen LogP contribution in [0.3, 0.4) is 0 Å². The maximum Gasteiger partial charge on any atom is 0.196 e. The average molecular weight is 391 g/mol. The van der Waals surface area contributed by atoms with E-state index in [0.717, 1.165) is 31.6 Å². The number of fused-ring (bicyclic) bond motifs is 2. The summed E-state index contributed by atoms with van der Waals surface area (Å²) in [5.74, 6) is -0.0161. The molecule has 0 aliphatic carbocycles. The molecule has 0 saturated carbocycles. The van der Waals surface area contributed by atoms with Crippen molar-refractivity contribution in [1.82, 2.24) is 4.98 Å². The van der Waals surface area contributed by atoms with Crippen molar-refractivity contribution in [2.24, 2.45) is 0 Å². The molecule has 1 heterocycles. The first-order valence-corrected chi connectivity index (χ1v) is 10.3. The fourth-order valence-electron chi connectivity index (χ4n) is 3.49. The van der Waals surface area contributed by atoms with Crippen molar-refractivity contribution in [3.05, 3.63) is 113 Å². The molecular formula is C26H17NOS. The van der Waals surface area contributed by atoms with Crippen molar-refractivity contribution < 1.29 is 4.79 Å². The second kappa shape index (κ2) is 7.46. The predicted octanol–water partition coefficient (Wildman–Crippen LogP) is 6.87. The van der Waals surface area contributed by atoms with Crippen LogP contribution >= 0.6 is 11.3 Å². The molecule has 1 aromatic heterocycles. The Labute approximate surface area is 172 Å². The third-order valence-corrected chi connectivity index (χ3v) is 6.00. The number of nitrogens with zero attached hydrogens (tertiary/aromatic N) is 1. The van der Waals surface area contributed by atoms with Gasteiger partial charge in [0.25, 0.3) is 0 Å². The van der Waals surface area contributed by atoms with Gasteiger partial charge in [0.15, 0.2) is 5.78 Å². The van der Waals surface area contributed by atoms with E-state index in [2.05, 4.69) is 18.2 Å². The molecule has 5 rings (SSSR count). The van der Waals surface area contributed by atoms with Crippen molar-refractivity contribution in [3.8, 4) is 0 Å². The van der Waals surface area contributed by atoms with Crippen LogP contribution in [0.1, 0.15) is 20.9 Å². The van der Waals surface area contributed by atoms with Crippen LogP contribution in [0, 0.1) is 0 Å². The summed E-state index contributed by atoms with van der Waals surface area (Å²) in [6.45, 7) is 0. The number of aromatic nitrogens is 1. The number of rotatable bonds is 4. The quantitative estimate of drug-likeness (QED) is 0.247. The van der Waals surface area contributed by atoms with E-state index < -0.39 is 0 Å². The topological polar surface area (TPSA) is 30.0 Å². The molecule has 2 nitrogen and oxygen atoms in total. The van der Waals surface area contributed by atoms with Crippen LogP contribution in [-0.2, 0) is 0 Å². The standard InChI is InChI=1S/C26H17NOS/c28-25(19-10-2-1-3-11-19)22(26-27-23-15-6-7-16-24(23)29-26)17-20-13-8-12-18-9-4-5-14-21(18)20/h1-17H. The summed E-state index contributed by atoms with van der Waals surface area (Å²) < 4.78 is 1.08. The molecule has 0 saturated heterocycles. The van der Waals surface area contributed by atoms with E-state index >= 15 is 0 Å². The molecule has 29 heavy (non-hydrogen) atoms. The summed E-state index contributed by atoms with van der Waals surface area (Å²) in [5.41, 5.74) is 3.21. The summed E-state index contributed by atoms with van der Waals surface area (Å²) in [7, 11) is 0. The highest BCUT2D eigenvalue weighted by Gasteiger charge is 2.18. The van der Waals surface area contributed by atoms with Crippen LogP contribution in [0.15, 0.2) is 97.1 Å². The summed E-state index contributed by atoms with van der Waals surface area (Å²) >= 11 is 1.55. The van der Waals surface area contributed by atoms with Gasteiger partial charge in [0, 0.05) is 5.56 Å². The van der Waals surface area contributed by atoms with Crippen LogP contribution in [0.4, 0.5) is 0 Å². The lowest BCUT2D eigenvalue weighted by Crippen LogP contribution is -2.02.